The lowest BCUT2D eigenvalue weighted by atomic mass is 10.1. The Bertz CT molecular complexity index is 767. The largest absolute Gasteiger partial charge is 0.481 e. The van der Waals surface area contributed by atoms with Gasteiger partial charge in [-0.05, 0) is 0 Å². The molecule has 0 amide bonds. The van der Waals surface area contributed by atoms with Gasteiger partial charge >= 0.3 is 48.1 Å². The Kier molecular flexibility index (Phi) is 13.7. The molecule has 0 bridgehead atoms. The summed E-state index contributed by atoms with van der Waals surface area (Å²) in [7, 11) is 0. The van der Waals surface area contributed by atoms with Crippen LogP contribution in [0.2, 0.25) is 0 Å². The second kappa shape index (κ2) is 14.8. The maximum Gasteiger partial charge on any atom is 0.381 e. The lowest BCUT2D eigenvalue weighted by molar-refractivity contribution is -0.344. The molecule has 0 saturated carbocycles. The van der Waals surface area contributed by atoms with Gasteiger partial charge in [-0.15, -0.1) is 0 Å². The first kappa shape index (κ1) is 34.2. The molecule has 216 valence electrons. The lowest BCUT2D eigenvalue weighted by Gasteiger charge is -2.31. The maximum absolute atomic E-state index is 13.5. The van der Waals surface area contributed by atoms with Gasteiger partial charge in [0, 0.05) is 39.3 Å². The summed E-state index contributed by atoms with van der Waals surface area (Å²) < 4.78 is 107. The Labute approximate surface area is 204 Å². The van der Waals surface area contributed by atoms with Gasteiger partial charge < -0.3 is 29.9 Å². The zero-order chi connectivity index (χ0) is 29.0. The van der Waals surface area contributed by atoms with Gasteiger partial charge in [-0.2, -0.15) is 26.3 Å². The number of hydrogen-bond acceptors (Lipinski definition) is 7. The number of alkyl halides is 8. The summed E-state index contributed by atoms with van der Waals surface area (Å²) in [6.07, 6.45) is -7.14. The number of ether oxygens (including phenoxy) is 1. The fourth-order valence-electron chi connectivity index (χ4n) is 2.68. The molecule has 0 saturated heterocycles. The van der Waals surface area contributed by atoms with Crippen molar-refractivity contribution in [1.29, 1.82) is 0 Å². The molecular formula is C19H26F8N2O8. The zero-order valence-corrected chi connectivity index (χ0v) is 19.2. The van der Waals surface area contributed by atoms with E-state index in [1.54, 1.807) is 0 Å². The van der Waals surface area contributed by atoms with Gasteiger partial charge in [-0.1, -0.05) is 0 Å². The Hall–Kier alpha value is -2.76. The van der Waals surface area contributed by atoms with E-state index in [1.165, 1.54) is 9.80 Å². The first-order valence-electron chi connectivity index (χ1n) is 10.5. The smallest absolute Gasteiger partial charge is 0.381 e. The quantitative estimate of drug-likeness (QED) is 0.149. The van der Waals surface area contributed by atoms with Crippen molar-refractivity contribution in [1.82, 2.24) is 9.80 Å². The highest BCUT2D eigenvalue weighted by Gasteiger charge is 2.75. The van der Waals surface area contributed by atoms with E-state index < -0.39 is 74.1 Å². The number of hydrogen-bond donors (Lipinski definition) is 3. The Morgan fingerprint density at radius 2 is 1.00 bits per heavy atom. The van der Waals surface area contributed by atoms with Crippen LogP contribution in [0.3, 0.4) is 0 Å². The summed E-state index contributed by atoms with van der Waals surface area (Å²) in [5.74, 6) is -24.0. The molecule has 0 aliphatic heterocycles. The first-order chi connectivity index (χ1) is 16.8. The second-order valence-electron chi connectivity index (χ2n) is 7.73. The average molecular weight is 562 g/mol. The van der Waals surface area contributed by atoms with E-state index in [9.17, 15) is 54.3 Å². The standard InChI is InChI=1S/C19H26F8N2O8/c20-16(21)18(24,25)19(26,27)17(22,23)11-37-15(36)4-8-29(7-3-14(34)35)10-9-28(5-1-12(30)31)6-2-13(32)33/h16H,1-11H2,(H,30,31)(H,32,33)(H,34,35). The van der Waals surface area contributed by atoms with Gasteiger partial charge in [-0.25, -0.2) is 8.78 Å². The maximum atomic E-state index is 13.5. The Morgan fingerprint density at radius 3 is 1.32 bits per heavy atom. The third-order valence-electron chi connectivity index (χ3n) is 4.86. The predicted molar refractivity (Wildman–Crippen MR) is 106 cm³/mol. The van der Waals surface area contributed by atoms with E-state index >= 15 is 0 Å². The van der Waals surface area contributed by atoms with Crippen LogP contribution in [0.5, 0.6) is 0 Å². The summed E-state index contributed by atoms with van der Waals surface area (Å²) >= 11 is 0. The van der Waals surface area contributed by atoms with Crippen molar-refractivity contribution < 1.29 is 74.4 Å². The third-order valence-corrected chi connectivity index (χ3v) is 4.86. The van der Waals surface area contributed by atoms with Crippen molar-refractivity contribution in [3.8, 4) is 0 Å². The van der Waals surface area contributed by atoms with E-state index in [2.05, 4.69) is 4.74 Å². The molecule has 0 atom stereocenters. The Morgan fingerprint density at radius 1 is 0.649 bits per heavy atom. The van der Waals surface area contributed by atoms with Gasteiger partial charge in [0.05, 0.1) is 25.7 Å². The number of nitrogens with zero attached hydrogens (tertiary/aromatic N) is 2. The number of carbonyl (C=O) groups is 4. The SMILES string of the molecule is O=C(O)CCN(CCC(=O)O)CCN(CCC(=O)O)CCC(=O)OCC(F)(F)C(F)(F)C(F)(F)C(F)F. The molecule has 0 heterocycles. The minimum absolute atomic E-state index is 0.0117. The van der Waals surface area contributed by atoms with Crippen LogP contribution < -0.4 is 0 Å². The summed E-state index contributed by atoms with van der Waals surface area (Å²) in [5, 5.41) is 26.4. The van der Waals surface area contributed by atoms with Crippen LogP contribution in [0.4, 0.5) is 35.1 Å². The van der Waals surface area contributed by atoms with Gasteiger partial charge in [0.1, 0.15) is 0 Å². The van der Waals surface area contributed by atoms with Gasteiger partial charge in [-0.3, -0.25) is 19.2 Å². The lowest BCUT2D eigenvalue weighted by Crippen LogP contribution is -2.59. The van der Waals surface area contributed by atoms with Crippen LogP contribution in [0.1, 0.15) is 25.7 Å². The third kappa shape index (κ3) is 11.9. The normalized spacial score (nSPS) is 12.8. The molecule has 0 unspecified atom stereocenters. The molecule has 18 heteroatoms. The number of rotatable bonds is 20. The summed E-state index contributed by atoms with van der Waals surface area (Å²) in [4.78, 5) is 46.8. The molecule has 37 heavy (non-hydrogen) atoms. The highest BCUT2D eigenvalue weighted by molar-refractivity contribution is 5.70. The van der Waals surface area contributed by atoms with Crippen molar-refractivity contribution in [2.24, 2.45) is 0 Å². The van der Waals surface area contributed by atoms with Crippen LogP contribution in [-0.4, -0.2) is 119 Å². The first-order valence-corrected chi connectivity index (χ1v) is 10.5. The second-order valence-corrected chi connectivity index (χ2v) is 7.73. The predicted octanol–water partition coefficient (Wildman–Crippen LogP) is 2.12. The zero-order valence-electron chi connectivity index (χ0n) is 19.2. The number of carboxylic acids is 3. The highest BCUT2D eigenvalue weighted by atomic mass is 19.4. The van der Waals surface area contributed by atoms with Crippen molar-refractivity contribution in [2.45, 2.75) is 49.9 Å². The fraction of sp³-hybridized carbons (Fsp3) is 0.789. The van der Waals surface area contributed by atoms with Crippen LogP contribution in [-0.2, 0) is 23.9 Å². The van der Waals surface area contributed by atoms with Crippen LogP contribution in [0, 0.1) is 0 Å². The van der Waals surface area contributed by atoms with Crippen molar-refractivity contribution in [3.05, 3.63) is 0 Å². The van der Waals surface area contributed by atoms with E-state index in [0.29, 0.717) is 0 Å². The highest BCUT2D eigenvalue weighted by Crippen LogP contribution is 2.48. The number of esters is 1. The van der Waals surface area contributed by atoms with E-state index in [-0.39, 0.29) is 45.6 Å². The summed E-state index contributed by atoms with van der Waals surface area (Å²) in [5.41, 5.74) is 0. The molecule has 3 N–H and O–H groups in total. The molecule has 0 aliphatic rings. The van der Waals surface area contributed by atoms with Gasteiger partial charge in [0.25, 0.3) is 0 Å². The number of halogens is 8. The number of carbonyl (C=O) groups excluding carboxylic acids is 1. The average Bonchev–Trinajstić information content (AvgIpc) is 2.77. The Balaban J connectivity index is 5.09. The van der Waals surface area contributed by atoms with Crippen molar-refractivity contribution >= 4 is 23.9 Å². The van der Waals surface area contributed by atoms with Crippen molar-refractivity contribution in [3.63, 3.8) is 0 Å². The molecule has 0 fully saturated rings. The molecule has 0 radical (unpaired) electrons. The van der Waals surface area contributed by atoms with Crippen molar-refractivity contribution in [2.75, 3.05) is 45.9 Å². The summed E-state index contributed by atoms with van der Waals surface area (Å²) in [6.45, 7) is -3.52. The minimum Gasteiger partial charge on any atom is -0.481 e. The molecular weight excluding hydrogens is 536 g/mol. The van der Waals surface area contributed by atoms with Crippen LogP contribution >= 0.6 is 0 Å². The number of carboxylic acid groups (broad SMARTS) is 3. The monoisotopic (exact) mass is 562 g/mol. The molecule has 0 spiro atoms. The molecule has 0 rings (SSSR count). The molecule has 10 nitrogen and oxygen atoms in total. The van der Waals surface area contributed by atoms with E-state index in [0.717, 1.165) is 0 Å². The fourth-order valence-corrected chi connectivity index (χ4v) is 2.68. The van der Waals surface area contributed by atoms with E-state index in [4.69, 9.17) is 15.3 Å². The minimum atomic E-state index is -6.54. The molecule has 0 aromatic rings. The van der Waals surface area contributed by atoms with Crippen LogP contribution in [0.25, 0.3) is 0 Å². The van der Waals surface area contributed by atoms with Gasteiger partial charge in [0.2, 0.25) is 0 Å². The van der Waals surface area contributed by atoms with E-state index in [1.807, 2.05) is 0 Å². The topological polar surface area (TPSA) is 145 Å². The molecule has 0 aliphatic carbocycles. The summed E-state index contributed by atoms with van der Waals surface area (Å²) in [6, 6.07) is 0. The number of aliphatic carboxylic acids is 3. The molecule has 0 aromatic carbocycles. The van der Waals surface area contributed by atoms with Gasteiger partial charge in [0.15, 0.2) is 6.61 Å². The van der Waals surface area contributed by atoms with Crippen LogP contribution in [0.15, 0.2) is 0 Å². The molecule has 0 aromatic heterocycles.